The van der Waals surface area contributed by atoms with Crippen LogP contribution in [0, 0.1) is 5.92 Å². The van der Waals surface area contributed by atoms with Crippen LogP contribution in [0.5, 0.6) is 0 Å². The number of hydrogen-bond acceptors (Lipinski definition) is 3. The van der Waals surface area contributed by atoms with Crippen molar-refractivity contribution < 1.29 is 9.90 Å². The van der Waals surface area contributed by atoms with Gasteiger partial charge in [0, 0.05) is 11.4 Å². The number of benzene rings is 1. The summed E-state index contributed by atoms with van der Waals surface area (Å²) in [6.07, 6.45) is 1.43. The maximum Gasteiger partial charge on any atom is 0.230 e. The van der Waals surface area contributed by atoms with E-state index in [1.807, 2.05) is 30.3 Å². The van der Waals surface area contributed by atoms with Gasteiger partial charge in [0.25, 0.3) is 0 Å². The highest BCUT2D eigenvalue weighted by molar-refractivity contribution is 8.00. The first-order valence-electron chi connectivity index (χ1n) is 6.80. The molecule has 106 valence electrons. The number of amides is 1. The number of aliphatic hydroxyl groups is 1. The Morgan fingerprint density at radius 1 is 1.26 bits per heavy atom. The zero-order chi connectivity index (χ0) is 14.1. The van der Waals surface area contributed by atoms with Crippen LogP contribution in [-0.2, 0) is 4.79 Å². The first-order valence-corrected chi connectivity index (χ1v) is 7.78. The number of carbonyl (C=O) groups excluding carboxylic acids is 1. The first-order chi connectivity index (χ1) is 9.17. The highest BCUT2D eigenvalue weighted by atomic mass is 32.2. The van der Waals surface area contributed by atoms with E-state index in [0.717, 1.165) is 17.7 Å². The molecule has 0 saturated carbocycles. The van der Waals surface area contributed by atoms with Crippen molar-refractivity contribution in [2.45, 2.75) is 37.7 Å². The van der Waals surface area contributed by atoms with Crippen molar-refractivity contribution in [3.05, 3.63) is 30.3 Å². The van der Waals surface area contributed by atoms with Crippen LogP contribution in [0.15, 0.2) is 35.2 Å². The summed E-state index contributed by atoms with van der Waals surface area (Å²) in [6.45, 7) is 4.47. The number of nitrogens with one attached hydrogen (secondary N) is 1. The van der Waals surface area contributed by atoms with Gasteiger partial charge in [0.1, 0.15) is 0 Å². The number of aliphatic hydroxyl groups excluding tert-OH is 1. The molecule has 1 atom stereocenters. The van der Waals surface area contributed by atoms with Crippen molar-refractivity contribution in [2.24, 2.45) is 5.92 Å². The van der Waals surface area contributed by atoms with Crippen molar-refractivity contribution in [1.82, 2.24) is 5.32 Å². The van der Waals surface area contributed by atoms with Crippen molar-refractivity contribution in [3.63, 3.8) is 0 Å². The SMILES string of the molecule is CCC(CC)C(O)CNC(=O)CSc1ccccc1. The van der Waals surface area contributed by atoms with E-state index in [0.29, 0.717) is 12.3 Å². The summed E-state index contributed by atoms with van der Waals surface area (Å²) in [5.41, 5.74) is 0. The maximum absolute atomic E-state index is 11.7. The third-order valence-electron chi connectivity index (χ3n) is 3.21. The average Bonchev–Trinajstić information content (AvgIpc) is 2.45. The zero-order valence-electron chi connectivity index (χ0n) is 11.6. The van der Waals surface area contributed by atoms with Gasteiger partial charge in [-0.15, -0.1) is 11.8 Å². The molecule has 1 rings (SSSR count). The summed E-state index contributed by atoms with van der Waals surface area (Å²) in [7, 11) is 0. The Kier molecular flexibility index (Phi) is 7.60. The maximum atomic E-state index is 11.7. The summed E-state index contributed by atoms with van der Waals surface area (Å²) in [4.78, 5) is 12.8. The van der Waals surface area contributed by atoms with Gasteiger partial charge < -0.3 is 10.4 Å². The zero-order valence-corrected chi connectivity index (χ0v) is 12.5. The first kappa shape index (κ1) is 16.1. The molecule has 0 saturated heterocycles. The summed E-state index contributed by atoms with van der Waals surface area (Å²) in [6, 6.07) is 9.83. The van der Waals surface area contributed by atoms with Gasteiger partial charge in [-0.2, -0.15) is 0 Å². The molecule has 1 aromatic carbocycles. The van der Waals surface area contributed by atoms with Gasteiger partial charge in [0.05, 0.1) is 11.9 Å². The van der Waals surface area contributed by atoms with Crippen LogP contribution < -0.4 is 5.32 Å². The van der Waals surface area contributed by atoms with Crippen LogP contribution in [0.3, 0.4) is 0 Å². The lowest BCUT2D eigenvalue weighted by atomic mass is 9.97. The molecule has 19 heavy (non-hydrogen) atoms. The quantitative estimate of drug-likeness (QED) is 0.720. The lowest BCUT2D eigenvalue weighted by molar-refractivity contribution is -0.119. The average molecular weight is 281 g/mol. The Bertz CT molecular complexity index is 366. The second-order valence-electron chi connectivity index (χ2n) is 4.55. The Balaban J connectivity index is 2.24. The minimum Gasteiger partial charge on any atom is -0.391 e. The Hall–Kier alpha value is -1.00. The minimum atomic E-state index is -0.444. The van der Waals surface area contributed by atoms with Gasteiger partial charge in [-0.3, -0.25) is 4.79 Å². The summed E-state index contributed by atoms with van der Waals surface area (Å²) >= 11 is 1.51. The number of rotatable bonds is 8. The van der Waals surface area contributed by atoms with Crippen LogP contribution in [0.4, 0.5) is 0 Å². The third-order valence-corrected chi connectivity index (χ3v) is 4.23. The number of carbonyl (C=O) groups is 1. The molecule has 0 aromatic heterocycles. The highest BCUT2D eigenvalue weighted by Gasteiger charge is 2.16. The van der Waals surface area contributed by atoms with E-state index in [9.17, 15) is 9.90 Å². The van der Waals surface area contributed by atoms with E-state index >= 15 is 0 Å². The summed E-state index contributed by atoms with van der Waals surface area (Å²) in [5, 5.41) is 12.7. The van der Waals surface area contributed by atoms with Crippen LogP contribution in [0.25, 0.3) is 0 Å². The van der Waals surface area contributed by atoms with Crippen molar-refractivity contribution >= 4 is 17.7 Å². The summed E-state index contributed by atoms with van der Waals surface area (Å²) < 4.78 is 0. The topological polar surface area (TPSA) is 49.3 Å². The molecule has 0 spiro atoms. The fourth-order valence-corrected chi connectivity index (χ4v) is 2.68. The molecular weight excluding hydrogens is 258 g/mol. The molecule has 0 bridgehead atoms. The molecule has 2 N–H and O–H groups in total. The molecule has 1 amide bonds. The summed E-state index contributed by atoms with van der Waals surface area (Å²) in [5.74, 6) is 0.626. The minimum absolute atomic E-state index is 0.0288. The van der Waals surface area contributed by atoms with E-state index < -0.39 is 6.10 Å². The van der Waals surface area contributed by atoms with Gasteiger partial charge in [-0.1, -0.05) is 44.9 Å². The number of hydrogen-bond donors (Lipinski definition) is 2. The molecule has 1 unspecified atom stereocenters. The van der Waals surface area contributed by atoms with E-state index in [1.54, 1.807) is 0 Å². The normalized spacial score (nSPS) is 12.4. The lowest BCUT2D eigenvalue weighted by Gasteiger charge is -2.20. The van der Waals surface area contributed by atoms with E-state index in [-0.39, 0.29) is 11.8 Å². The molecule has 4 heteroatoms. The van der Waals surface area contributed by atoms with E-state index in [4.69, 9.17) is 0 Å². The molecule has 0 aliphatic carbocycles. The molecule has 0 aliphatic heterocycles. The van der Waals surface area contributed by atoms with E-state index in [1.165, 1.54) is 11.8 Å². The molecule has 0 fully saturated rings. The van der Waals surface area contributed by atoms with Crippen molar-refractivity contribution in [1.29, 1.82) is 0 Å². The van der Waals surface area contributed by atoms with Gasteiger partial charge in [-0.25, -0.2) is 0 Å². The van der Waals surface area contributed by atoms with E-state index in [2.05, 4.69) is 19.2 Å². The Labute approximate surface area is 119 Å². The molecule has 0 aliphatic rings. The van der Waals surface area contributed by atoms with Crippen LogP contribution in [-0.4, -0.2) is 29.4 Å². The van der Waals surface area contributed by atoms with Gasteiger partial charge in [-0.05, 0) is 18.1 Å². The standard InChI is InChI=1S/C15H23NO2S/c1-3-12(4-2)14(17)10-16-15(18)11-19-13-8-6-5-7-9-13/h5-9,12,14,17H,3-4,10-11H2,1-2H3,(H,16,18). The Morgan fingerprint density at radius 3 is 2.47 bits per heavy atom. The molecular formula is C15H23NO2S. The van der Waals surface area contributed by atoms with Crippen LogP contribution in [0.2, 0.25) is 0 Å². The molecule has 1 aromatic rings. The fraction of sp³-hybridized carbons (Fsp3) is 0.533. The second-order valence-corrected chi connectivity index (χ2v) is 5.60. The smallest absolute Gasteiger partial charge is 0.230 e. The van der Waals surface area contributed by atoms with Crippen molar-refractivity contribution in [3.8, 4) is 0 Å². The van der Waals surface area contributed by atoms with Crippen LogP contribution >= 0.6 is 11.8 Å². The second kappa shape index (κ2) is 8.99. The predicted octanol–water partition coefficient (Wildman–Crippen LogP) is 2.69. The molecule has 0 radical (unpaired) electrons. The largest absolute Gasteiger partial charge is 0.391 e. The fourth-order valence-electron chi connectivity index (χ4n) is 1.93. The Morgan fingerprint density at radius 2 is 1.89 bits per heavy atom. The van der Waals surface area contributed by atoms with Gasteiger partial charge in [0.2, 0.25) is 5.91 Å². The highest BCUT2D eigenvalue weighted by Crippen LogP contribution is 2.16. The molecule has 0 heterocycles. The lowest BCUT2D eigenvalue weighted by Crippen LogP contribution is -2.36. The van der Waals surface area contributed by atoms with Crippen LogP contribution in [0.1, 0.15) is 26.7 Å². The van der Waals surface area contributed by atoms with Gasteiger partial charge in [0.15, 0.2) is 0 Å². The molecule has 3 nitrogen and oxygen atoms in total. The van der Waals surface area contributed by atoms with Crippen molar-refractivity contribution in [2.75, 3.05) is 12.3 Å². The monoisotopic (exact) mass is 281 g/mol. The third kappa shape index (κ3) is 6.12. The van der Waals surface area contributed by atoms with Gasteiger partial charge >= 0.3 is 0 Å². The number of thioether (sulfide) groups is 1. The predicted molar refractivity (Wildman–Crippen MR) is 80.3 cm³/mol.